The summed E-state index contributed by atoms with van der Waals surface area (Å²) in [6, 6.07) is 13.4. The SMILES string of the molecule is CN(C(=O)CCc1nc(-c2cccs2)no1)c1ccccc1. The Kier molecular flexibility index (Phi) is 4.29. The van der Waals surface area contributed by atoms with Crippen LogP contribution in [-0.4, -0.2) is 23.1 Å². The maximum atomic E-state index is 12.2. The number of nitrogens with zero attached hydrogens (tertiary/aromatic N) is 3. The van der Waals surface area contributed by atoms with Crippen molar-refractivity contribution in [2.24, 2.45) is 0 Å². The lowest BCUT2D eigenvalue weighted by Gasteiger charge is -2.16. The summed E-state index contributed by atoms with van der Waals surface area (Å²) in [5.41, 5.74) is 0.873. The van der Waals surface area contributed by atoms with Crippen LogP contribution in [0.3, 0.4) is 0 Å². The average molecular weight is 313 g/mol. The molecule has 0 spiro atoms. The summed E-state index contributed by atoms with van der Waals surface area (Å²) in [5, 5.41) is 5.90. The van der Waals surface area contributed by atoms with Gasteiger partial charge in [0.15, 0.2) is 0 Å². The van der Waals surface area contributed by atoms with Gasteiger partial charge < -0.3 is 9.42 Å². The minimum atomic E-state index is 0.0158. The van der Waals surface area contributed by atoms with E-state index in [1.54, 1.807) is 23.3 Å². The highest BCUT2D eigenvalue weighted by atomic mass is 32.1. The number of para-hydroxylation sites is 1. The summed E-state index contributed by atoms with van der Waals surface area (Å²) in [6.45, 7) is 0. The fraction of sp³-hybridized carbons (Fsp3) is 0.188. The van der Waals surface area contributed by atoms with Gasteiger partial charge in [-0.15, -0.1) is 11.3 Å². The van der Waals surface area contributed by atoms with Crippen LogP contribution in [0.25, 0.3) is 10.7 Å². The van der Waals surface area contributed by atoms with Crippen LogP contribution in [0.1, 0.15) is 12.3 Å². The zero-order valence-electron chi connectivity index (χ0n) is 12.1. The molecular formula is C16H15N3O2S. The second-order valence-electron chi connectivity index (χ2n) is 4.78. The number of aryl methyl sites for hydroxylation is 1. The lowest BCUT2D eigenvalue weighted by Crippen LogP contribution is -2.26. The van der Waals surface area contributed by atoms with E-state index in [1.165, 1.54) is 0 Å². The van der Waals surface area contributed by atoms with Gasteiger partial charge in [-0.25, -0.2) is 0 Å². The van der Waals surface area contributed by atoms with Crippen LogP contribution in [0, 0.1) is 0 Å². The molecule has 3 aromatic rings. The van der Waals surface area contributed by atoms with Crippen LogP contribution in [0.15, 0.2) is 52.4 Å². The predicted octanol–water partition coefficient (Wildman–Crippen LogP) is 3.39. The molecule has 2 heterocycles. The van der Waals surface area contributed by atoms with Crippen molar-refractivity contribution in [1.29, 1.82) is 0 Å². The van der Waals surface area contributed by atoms with E-state index in [1.807, 2.05) is 47.8 Å². The van der Waals surface area contributed by atoms with E-state index in [0.29, 0.717) is 24.6 Å². The summed E-state index contributed by atoms with van der Waals surface area (Å²) in [7, 11) is 1.77. The molecule has 22 heavy (non-hydrogen) atoms. The molecule has 0 atom stereocenters. The Morgan fingerprint density at radius 2 is 2.05 bits per heavy atom. The van der Waals surface area contributed by atoms with Crippen LogP contribution >= 0.6 is 11.3 Å². The van der Waals surface area contributed by atoms with Gasteiger partial charge in [-0.05, 0) is 23.6 Å². The average Bonchev–Trinajstić information content (AvgIpc) is 3.23. The lowest BCUT2D eigenvalue weighted by molar-refractivity contribution is -0.118. The molecule has 112 valence electrons. The van der Waals surface area contributed by atoms with Crippen LogP contribution in [0.2, 0.25) is 0 Å². The fourth-order valence-electron chi connectivity index (χ4n) is 2.04. The van der Waals surface area contributed by atoms with Crippen LogP contribution < -0.4 is 4.90 Å². The highest BCUT2D eigenvalue weighted by molar-refractivity contribution is 7.13. The second-order valence-corrected chi connectivity index (χ2v) is 5.73. The first-order chi connectivity index (χ1) is 10.7. The first-order valence-electron chi connectivity index (χ1n) is 6.92. The van der Waals surface area contributed by atoms with Gasteiger partial charge in [0, 0.05) is 25.6 Å². The van der Waals surface area contributed by atoms with Crippen LogP contribution in [0.5, 0.6) is 0 Å². The van der Waals surface area contributed by atoms with Gasteiger partial charge in [-0.3, -0.25) is 4.79 Å². The molecule has 3 rings (SSSR count). The third-order valence-corrected chi connectivity index (χ3v) is 4.15. The maximum absolute atomic E-state index is 12.2. The van der Waals surface area contributed by atoms with Crippen molar-refractivity contribution in [1.82, 2.24) is 10.1 Å². The topological polar surface area (TPSA) is 59.2 Å². The molecule has 0 aliphatic heterocycles. The first kappa shape index (κ1) is 14.5. The molecular weight excluding hydrogens is 298 g/mol. The number of carbonyl (C=O) groups excluding carboxylic acids is 1. The molecule has 0 radical (unpaired) electrons. The number of hydrogen-bond donors (Lipinski definition) is 0. The maximum Gasteiger partial charge on any atom is 0.227 e. The number of thiophene rings is 1. The minimum Gasteiger partial charge on any atom is -0.339 e. The van der Waals surface area contributed by atoms with Crippen molar-refractivity contribution >= 4 is 22.9 Å². The number of carbonyl (C=O) groups is 1. The van der Waals surface area contributed by atoms with Crippen molar-refractivity contribution in [3.63, 3.8) is 0 Å². The van der Waals surface area contributed by atoms with Gasteiger partial charge in [0.05, 0.1) is 4.88 Å². The Morgan fingerprint density at radius 3 is 2.77 bits per heavy atom. The Morgan fingerprint density at radius 1 is 1.23 bits per heavy atom. The highest BCUT2D eigenvalue weighted by Gasteiger charge is 2.14. The molecule has 0 N–H and O–H groups in total. The summed E-state index contributed by atoms with van der Waals surface area (Å²) < 4.78 is 5.20. The van der Waals surface area contributed by atoms with Gasteiger partial charge in [-0.2, -0.15) is 4.98 Å². The highest BCUT2D eigenvalue weighted by Crippen LogP contribution is 2.21. The van der Waals surface area contributed by atoms with E-state index in [9.17, 15) is 4.79 Å². The molecule has 0 fully saturated rings. The van der Waals surface area contributed by atoms with Gasteiger partial charge in [0.2, 0.25) is 17.6 Å². The van der Waals surface area contributed by atoms with Gasteiger partial charge in [0.25, 0.3) is 0 Å². The van der Waals surface area contributed by atoms with E-state index in [2.05, 4.69) is 10.1 Å². The molecule has 0 bridgehead atoms. The molecule has 1 amide bonds. The number of amides is 1. The van der Waals surface area contributed by atoms with Crippen molar-refractivity contribution < 1.29 is 9.32 Å². The summed E-state index contributed by atoms with van der Waals surface area (Å²) in [6.07, 6.45) is 0.770. The van der Waals surface area contributed by atoms with E-state index >= 15 is 0 Å². The quantitative estimate of drug-likeness (QED) is 0.724. The molecule has 0 aliphatic rings. The standard InChI is InChI=1S/C16H15N3O2S/c1-19(12-6-3-2-4-7-12)15(20)10-9-14-17-16(18-21-14)13-8-5-11-22-13/h2-8,11H,9-10H2,1H3. The minimum absolute atomic E-state index is 0.0158. The Balaban J connectivity index is 1.59. The van der Waals surface area contributed by atoms with Crippen LogP contribution in [0.4, 0.5) is 5.69 Å². The lowest BCUT2D eigenvalue weighted by atomic mass is 10.2. The number of aromatic nitrogens is 2. The third-order valence-electron chi connectivity index (χ3n) is 3.28. The Bertz CT molecular complexity index is 738. The molecule has 0 unspecified atom stereocenters. The Labute approximate surface area is 132 Å². The van der Waals surface area contributed by atoms with E-state index in [0.717, 1.165) is 10.6 Å². The predicted molar refractivity (Wildman–Crippen MR) is 85.8 cm³/mol. The van der Waals surface area contributed by atoms with Crippen molar-refractivity contribution in [3.8, 4) is 10.7 Å². The summed E-state index contributed by atoms with van der Waals surface area (Å²) >= 11 is 1.56. The second kappa shape index (κ2) is 6.53. The monoisotopic (exact) mass is 313 g/mol. The normalized spacial score (nSPS) is 10.6. The smallest absolute Gasteiger partial charge is 0.227 e. The van der Waals surface area contributed by atoms with Gasteiger partial charge in [0.1, 0.15) is 0 Å². The van der Waals surface area contributed by atoms with Gasteiger partial charge in [-0.1, -0.05) is 29.4 Å². The largest absolute Gasteiger partial charge is 0.339 e. The van der Waals surface area contributed by atoms with E-state index in [-0.39, 0.29) is 5.91 Å². The molecule has 5 nitrogen and oxygen atoms in total. The van der Waals surface area contributed by atoms with E-state index < -0.39 is 0 Å². The van der Waals surface area contributed by atoms with Crippen LogP contribution in [-0.2, 0) is 11.2 Å². The van der Waals surface area contributed by atoms with Crippen molar-refractivity contribution in [2.75, 3.05) is 11.9 Å². The summed E-state index contributed by atoms with van der Waals surface area (Å²) in [4.78, 5) is 19.1. The van der Waals surface area contributed by atoms with Crippen molar-refractivity contribution in [2.45, 2.75) is 12.8 Å². The van der Waals surface area contributed by atoms with Crippen molar-refractivity contribution in [3.05, 3.63) is 53.7 Å². The summed E-state index contributed by atoms with van der Waals surface area (Å²) in [5.74, 6) is 1.08. The molecule has 0 aliphatic carbocycles. The fourth-order valence-corrected chi connectivity index (χ4v) is 2.69. The first-order valence-corrected chi connectivity index (χ1v) is 7.80. The van der Waals surface area contributed by atoms with E-state index in [4.69, 9.17) is 4.52 Å². The molecule has 0 saturated heterocycles. The number of anilines is 1. The Hall–Kier alpha value is -2.47. The number of hydrogen-bond acceptors (Lipinski definition) is 5. The van der Waals surface area contributed by atoms with Gasteiger partial charge >= 0.3 is 0 Å². The number of benzene rings is 1. The number of rotatable bonds is 5. The zero-order chi connectivity index (χ0) is 15.4. The third kappa shape index (κ3) is 3.23. The molecule has 2 aromatic heterocycles. The zero-order valence-corrected chi connectivity index (χ0v) is 12.9. The molecule has 6 heteroatoms. The molecule has 0 saturated carbocycles. The molecule has 1 aromatic carbocycles.